The monoisotopic (exact) mass is 420 g/mol. The quantitative estimate of drug-likeness (QED) is 0.361. The number of halogens is 1. The Kier molecular flexibility index (Phi) is 8.38. The van der Waals surface area contributed by atoms with Gasteiger partial charge in [0, 0.05) is 12.1 Å². The van der Waals surface area contributed by atoms with E-state index in [1.807, 2.05) is 13.8 Å². The number of hydrogen-bond donors (Lipinski definition) is 1. The molecule has 156 valence electrons. The van der Waals surface area contributed by atoms with Crippen molar-refractivity contribution in [2.45, 2.75) is 38.0 Å². The van der Waals surface area contributed by atoms with E-state index in [0.29, 0.717) is 23.1 Å². The number of ether oxygens (including phenoxy) is 1. The first-order valence-electron chi connectivity index (χ1n) is 9.21. The summed E-state index contributed by atoms with van der Waals surface area (Å²) in [6, 6.07) is 5.24. The van der Waals surface area contributed by atoms with E-state index in [1.54, 1.807) is 22.8 Å². The lowest BCUT2D eigenvalue weighted by molar-refractivity contribution is -0.146. The Hall–Kier alpha value is -2.68. The molecule has 0 aliphatic heterocycles. The van der Waals surface area contributed by atoms with Crippen LogP contribution in [0.15, 0.2) is 42.1 Å². The van der Waals surface area contributed by atoms with Crippen LogP contribution in [0.4, 0.5) is 4.39 Å². The van der Waals surface area contributed by atoms with Crippen molar-refractivity contribution in [3.63, 3.8) is 0 Å². The third-order valence-corrected chi connectivity index (χ3v) is 5.41. The molecule has 29 heavy (non-hydrogen) atoms. The summed E-state index contributed by atoms with van der Waals surface area (Å²) >= 11 is 1.20. The second-order valence-corrected chi connectivity index (χ2v) is 7.40. The van der Waals surface area contributed by atoms with E-state index in [0.717, 1.165) is 6.42 Å². The van der Waals surface area contributed by atoms with Crippen LogP contribution in [0.25, 0.3) is 11.4 Å². The molecule has 1 N–H and O–H groups in total. The number of amides is 1. The van der Waals surface area contributed by atoms with Crippen molar-refractivity contribution in [3.05, 3.63) is 42.7 Å². The number of nitrogens with zero attached hydrogens (tertiary/aromatic N) is 3. The molecule has 1 heterocycles. The van der Waals surface area contributed by atoms with Gasteiger partial charge in [0.2, 0.25) is 5.91 Å². The van der Waals surface area contributed by atoms with Crippen molar-refractivity contribution in [2.75, 3.05) is 12.9 Å². The maximum Gasteiger partial charge on any atom is 0.328 e. The number of esters is 1. The molecule has 7 nitrogen and oxygen atoms in total. The lowest BCUT2D eigenvalue weighted by Gasteiger charge is -2.21. The van der Waals surface area contributed by atoms with Crippen LogP contribution in [0.1, 0.15) is 20.3 Å². The van der Waals surface area contributed by atoms with Crippen LogP contribution in [0.5, 0.6) is 0 Å². The van der Waals surface area contributed by atoms with Gasteiger partial charge in [0.05, 0.1) is 12.9 Å². The van der Waals surface area contributed by atoms with Crippen molar-refractivity contribution in [3.8, 4) is 11.4 Å². The largest absolute Gasteiger partial charge is 0.467 e. The van der Waals surface area contributed by atoms with Crippen molar-refractivity contribution < 1.29 is 18.7 Å². The normalized spacial score (nSPS) is 12.8. The van der Waals surface area contributed by atoms with E-state index < -0.39 is 12.0 Å². The van der Waals surface area contributed by atoms with Gasteiger partial charge in [0.15, 0.2) is 11.0 Å². The summed E-state index contributed by atoms with van der Waals surface area (Å²) in [5.74, 6) is -0.543. The molecule has 1 aromatic heterocycles. The summed E-state index contributed by atoms with van der Waals surface area (Å²) in [5.41, 5.74) is 0.708. The summed E-state index contributed by atoms with van der Waals surface area (Å²) in [6.45, 7) is 7.99. The molecule has 0 fully saturated rings. The highest BCUT2D eigenvalue weighted by Crippen LogP contribution is 2.24. The van der Waals surface area contributed by atoms with Gasteiger partial charge in [0.1, 0.15) is 11.9 Å². The Morgan fingerprint density at radius 2 is 2.03 bits per heavy atom. The zero-order valence-corrected chi connectivity index (χ0v) is 17.5. The summed E-state index contributed by atoms with van der Waals surface area (Å²) < 4.78 is 19.8. The third-order valence-electron chi connectivity index (χ3n) is 4.45. The van der Waals surface area contributed by atoms with Crippen LogP contribution in [0.2, 0.25) is 0 Å². The van der Waals surface area contributed by atoms with Gasteiger partial charge in [0.25, 0.3) is 0 Å². The van der Waals surface area contributed by atoms with Crippen LogP contribution >= 0.6 is 11.8 Å². The van der Waals surface area contributed by atoms with Gasteiger partial charge in [-0.05, 0) is 30.2 Å². The number of methoxy groups -OCH3 is 1. The minimum atomic E-state index is -0.695. The Bertz CT molecular complexity index is 854. The Balaban J connectivity index is 2.11. The standard InChI is InChI=1S/C20H25FN4O3S/c1-5-11-25-18(14-7-9-15(21)10-8-14)23-24-20(25)29-12-16(26)22-17(13(3)6-2)19(27)28-4/h5,7-10,13,17H,1,6,11-12H2,2-4H3,(H,22,26)/t13-,17-/m1/s1. The van der Waals surface area contributed by atoms with Gasteiger partial charge in [-0.25, -0.2) is 9.18 Å². The number of allylic oxidation sites excluding steroid dienone is 1. The SMILES string of the molecule is C=CCn1c(SCC(=O)N[C@@H](C(=O)OC)[C@H](C)CC)nnc1-c1ccc(F)cc1. The topological polar surface area (TPSA) is 86.1 Å². The Morgan fingerprint density at radius 3 is 2.62 bits per heavy atom. The number of nitrogens with one attached hydrogen (secondary N) is 1. The first-order valence-corrected chi connectivity index (χ1v) is 10.2. The number of aromatic nitrogens is 3. The molecule has 0 bridgehead atoms. The van der Waals surface area contributed by atoms with Crippen molar-refractivity contribution >= 4 is 23.6 Å². The summed E-state index contributed by atoms with van der Waals surface area (Å²) in [6.07, 6.45) is 2.42. The van der Waals surface area contributed by atoms with E-state index in [1.165, 1.54) is 31.0 Å². The number of hydrogen-bond acceptors (Lipinski definition) is 6. The maximum absolute atomic E-state index is 13.2. The molecule has 2 rings (SSSR count). The minimum absolute atomic E-state index is 0.0501. The molecule has 1 aromatic carbocycles. The minimum Gasteiger partial charge on any atom is -0.467 e. The maximum atomic E-state index is 13.2. The van der Waals surface area contributed by atoms with E-state index in [4.69, 9.17) is 4.74 Å². The molecule has 0 spiro atoms. The molecule has 0 saturated carbocycles. The lowest BCUT2D eigenvalue weighted by atomic mass is 9.99. The van der Waals surface area contributed by atoms with Crippen LogP contribution in [0.3, 0.4) is 0 Å². The summed E-state index contributed by atoms with van der Waals surface area (Å²) in [7, 11) is 1.30. The fraction of sp³-hybridized carbons (Fsp3) is 0.400. The van der Waals surface area contributed by atoms with Crippen LogP contribution in [-0.2, 0) is 20.9 Å². The van der Waals surface area contributed by atoms with Crippen molar-refractivity contribution in [1.29, 1.82) is 0 Å². The molecule has 2 aromatic rings. The van der Waals surface area contributed by atoms with Gasteiger partial charge in [-0.15, -0.1) is 16.8 Å². The molecule has 2 atom stereocenters. The highest BCUT2D eigenvalue weighted by molar-refractivity contribution is 7.99. The van der Waals surface area contributed by atoms with E-state index >= 15 is 0 Å². The predicted molar refractivity (Wildman–Crippen MR) is 110 cm³/mol. The fourth-order valence-corrected chi connectivity index (χ4v) is 3.40. The van der Waals surface area contributed by atoms with Gasteiger partial charge in [-0.2, -0.15) is 0 Å². The van der Waals surface area contributed by atoms with Gasteiger partial charge in [-0.3, -0.25) is 9.36 Å². The Morgan fingerprint density at radius 1 is 1.34 bits per heavy atom. The number of rotatable bonds is 10. The molecule has 0 saturated heterocycles. The molecular formula is C20H25FN4O3S. The summed E-state index contributed by atoms with van der Waals surface area (Å²) in [4.78, 5) is 24.3. The van der Waals surface area contributed by atoms with E-state index in [-0.39, 0.29) is 23.4 Å². The number of carbonyl (C=O) groups excluding carboxylic acids is 2. The molecule has 1 amide bonds. The first kappa shape index (κ1) is 22.6. The van der Waals surface area contributed by atoms with E-state index in [9.17, 15) is 14.0 Å². The molecule has 9 heteroatoms. The van der Waals surface area contributed by atoms with Crippen LogP contribution in [-0.4, -0.2) is 45.5 Å². The Labute approximate surface area is 173 Å². The average molecular weight is 421 g/mol. The zero-order valence-electron chi connectivity index (χ0n) is 16.7. The van der Waals surface area contributed by atoms with Crippen molar-refractivity contribution in [1.82, 2.24) is 20.1 Å². The number of carbonyl (C=O) groups is 2. The molecule has 0 aliphatic rings. The van der Waals surface area contributed by atoms with Crippen LogP contribution in [0, 0.1) is 11.7 Å². The number of benzene rings is 1. The second kappa shape index (κ2) is 10.8. The van der Waals surface area contributed by atoms with E-state index in [2.05, 4.69) is 22.1 Å². The van der Waals surface area contributed by atoms with Crippen molar-refractivity contribution in [2.24, 2.45) is 5.92 Å². The van der Waals surface area contributed by atoms with Crippen LogP contribution < -0.4 is 5.32 Å². The van der Waals surface area contributed by atoms with Gasteiger partial charge >= 0.3 is 5.97 Å². The number of thioether (sulfide) groups is 1. The highest BCUT2D eigenvalue weighted by Gasteiger charge is 2.27. The highest BCUT2D eigenvalue weighted by atomic mass is 32.2. The smallest absolute Gasteiger partial charge is 0.328 e. The summed E-state index contributed by atoms with van der Waals surface area (Å²) in [5, 5.41) is 11.6. The van der Waals surface area contributed by atoms with Gasteiger partial charge < -0.3 is 10.1 Å². The average Bonchev–Trinajstić information content (AvgIpc) is 3.12. The molecule has 0 aliphatic carbocycles. The predicted octanol–water partition coefficient (Wildman–Crippen LogP) is 3.07. The first-order chi connectivity index (χ1) is 13.9. The van der Waals surface area contributed by atoms with Gasteiger partial charge in [-0.1, -0.05) is 38.1 Å². The fourth-order valence-electron chi connectivity index (χ4n) is 2.64. The molecule has 0 radical (unpaired) electrons. The molecular weight excluding hydrogens is 395 g/mol. The third kappa shape index (κ3) is 5.90. The molecule has 0 unspecified atom stereocenters. The second-order valence-electron chi connectivity index (χ2n) is 6.45. The zero-order chi connectivity index (χ0) is 21.4. The lowest BCUT2D eigenvalue weighted by Crippen LogP contribution is -2.46.